The van der Waals surface area contributed by atoms with Crippen LogP contribution in [-0.4, -0.2) is 25.7 Å². The topological polar surface area (TPSA) is 53.8 Å². The van der Waals surface area contributed by atoms with Crippen LogP contribution in [-0.2, 0) is 11.3 Å². The largest absolute Gasteiger partial charge is 0.544 e. The van der Waals surface area contributed by atoms with E-state index in [1.807, 2.05) is 38.1 Å². The lowest BCUT2D eigenvalue weighted by Crippen LogP contribution is -3.12. The number of hydrogen-bond donors (Lipinski definition) is 1. The second-order valence-electron chi connectivity index (χ2n) is 4.30. The highest BCUT2D eigenvalue weighted by molar-refractivity contribution is 5.65. The summed E-state index contributed by atoms with van der Waals surface area (Å²) in [5, 5.41) is 10.7. The average molecular weight is 251 g/mol. The van der Waals surface area contributed by atoms with Gasteiger partial charge in [-0.25, -0.2) is 0 Å². The lowest BCUT2D eigenvalue weighted by atomic mass is 10.2. The Kier molecular flexibility index (Phi) is 6.22. The van der Waals surface area contributed by atoms with Crippen LogP contribution in [0.3, 0.4) is 0 Å². The van der Waals surface area contributed by atoms with Crippen molar-refractivity contribution in [2.75, 3.05) is 19.7 Å². The van der Waals surface area contributed by atoms with E-state index in [0.29, 0.717) is 13.2 Å². The molecule has 100 valence electrons. The van der Waals surface area contributed by atoms with E-state index in [0.717, 1.165) is 29.2 Å². The quantitative estimate of drug-likeness (QED) is 0.686. The van der Waals surface area contributed by atoms with Gasteiger partial charge < -0.3 is 19.5 Å². The molecule has 0 aliphatic carbocycles. The van der Waals surface area contributed by atoms with Gasteiger partial charge in [0.1, 0.15) is 18.8 Å². The van der Waals surface area contributed by atoms with E-state index in [2.05, 4.69) is 0 Å². The Morgan fingerprint density at radius 1 is 1.28 bits per heavy atom. The first kappa shape index (κ1) is 14.5. The number of quaternary nitrogens is 1. The Morgan fingerprint density at radius 2 is 1.94 bits per heavy atom. The van der Waals surface area contributed by atoms with Crippen molar-refractivity contribution < 1.29 is 19.5 Å². The van der Waals surface area contributed by atoms with Crippen LogP contribution in [0.1, 0.15) is 25.8 Å². The molecule has 0 aromatic heterocycles. The van der Waals surface area contributed by atoms with Gasteiger partial charge in [-0.05, 0) is 37.6 Å². The number of benzene rings is 1. The van der Waals surface area contributed by atoms with E-state index in [1.54, 1.807) is 0 Å². The highest BCUT2D eigenvalue weighted by Crippen LogP contribution is 2.11. The fourth-order valence-electron chi connectivity index (χ4n) is 1.96. The summed E-state index contributed by atoms with van der Waals surface area (Å²) in [7, 11) is 0. The number of aliphatic carboxylic acids is 1. The van der Waals surface area contributed by atoms with E-state index in [4.69, 9.17) is 4.74 Å². The molecule has 0 saturated carbocycles. The first-order valence-electron chi connectivity index (χ1n) is 6.40. The van der Waals surface area contributed by atoms with Crippen LogP contribution in [0.2, 0.25) is 0 Å². The van der Waals surface area contributed by atoms with Gasteiger partial charge in [0.15, 0.2) is 0 Å². The van der Waals surface area contributed by atoms with Crippen molar-refractivity contribution in [2.24, 2.45) is 0 Å². The Morgan fingerprint density at radius 3 is 2.44 bits per heavy atom. The van der Waals surface area contributed by atoms with Gasteiger partial charge in [-0.15, -0.1) is 0 Å². The first-order valence-corrected chi connectivity index (χ1v) is 6.40. The van der Waals surface area contributed by atoms with Gasteiger partial charge in [-0.2, -0.15) is 0 Å². The minimum absolute atomic E-state index is 0.0566. The normalized spacial score (nSPS) is 12.1. The Balaban J connectivity index is 2.59. The summed E-state index contributed by atoms with van der Waals surface area (Å²) in [5.74, 6) is -0.150. The molecule has 0 amide bonds. The van der Waals surface area contributed by atoms with Crippen LogP contribution < -0.4 is 14.7 Å². The number of carboxylic acids is 1. The predicted octanol–water partition coefficient (Wildman–Crippen LogP) is -0.370. The zero-order valence-electron chi connectivity index (χ0n) is 11.1. The number of rotatable bonds is 8. The van der Waals surface area contributed by atoms with Crippen LogP contribution in [0.5, 0.6) is 5.75 Å². The molecule has 0 radical (unpaired) electrons. The van der Waals surface area contributed by atoms with E-state index in [-0.39, 0.29) is 6.54 Å². The molecular formula is C14H21NO3. The highest BCUT2D eigenvalue weighted by atomic mass is 16.5. The molecule has 0 saturated heterocycles. The molecule has 1 aromatic rings. The monoisotopic (exact) mass is 251 g/mol. The van der Waals surface area contributed by atoms with Crippen molar-refractivity contribution in [2.45, 2.75) is 26.8 Å². The molecular weight excluding hydrogens is 230 g/mol. The van der Waals surface area contributed by atoms with Crippen LogP contribution in [0.4, 0.5) is 0 Å². The van der Waals surface area contributed by atoms with Gasteiger partial charge in [0.25, 0.3) is 0 Å². The minimum atomic E-state index is -0.996. The van der Waals surface area contributed by atoms with Crippen molar-refractivity contribution in [3.8, 4) is 5.75 Å². The summed E-state index contributed by atoms with van der Waals surface area (Å²) in [5.41, 5.74) is 1.11. The van der Waals surface area contributed by atoms with Crippen molar-refractivity contribution in [1.29, 1.82) is 0 Å². The maximum Gasteiger partial charge on any atom is 0.119 e. The standard InChI is InChI=1S/C14H21NO3/c1-3-9-15(11-14(16)17)10-12-5-7-13(8-6-12)18-4-2/h5-8H,3-4,9-11H2,1-2H3,(H,16,17). The molecule has 0 fully saturated rings. The lowest BCUT2D eigenvalue weighted by Gasteiger charge is -2.19. The molecule has 4 heteroatoms. The van der Waals surface area contributed by atoms with Gasteiger partial charge in [0.05, 0.1) is 19.1 Å². The molecule has 0 aliphatic heterocycles. The Bertz CT molecular complexity index is 362. The fourth-order valence-corrected chi connectivity index (χ4v) is 1.96. The molecule has 1 N–H and O–H groups in total. The summed E-state index contributed by atoms with van der Waals surface area (Å²) < 4.78 is 5.37. The first-order chi connectivity index (χ1) is 8.65. The SMILES string of the molecule is CCC[NH+](CC(=O)[O-])Cc1ccc(OCC)cc1. The molecule has 1 unspecified atom stereocenters. The zero-order chi connectivity index (χ0) is 13.4. The molecule has 0 bridgehead atoms. The van der Waals surface area contributed by atoms with Crippen molar-refractivity contribution in [3.63, 3.8) is 0 Å². The molecule has 0 spiro atoms. The van der Waals surface area contributed by atoms with Gasteiger partial charge in [-0.1, -0.05) is 6.92 Å². The van der Waals surface area contributed by atoms with E-state index in [1.165, 1.54) is 0 Å². The third kappa shape index (κ3) is 5.19. The third-order valence-corrected chi connectivity index (χ3v) is 2.69. The summed E-state index contributed by atoms with van der Waals surface area (Å²) in [6, 6.07) is 7.80. The van der Waals surface area contributed by atoms with Crippen LogP contribution >= 0.6 is 0 Å². The fraction of sp³-hybridized carbons (Fsp3) is 0.500. The maximum absolute atomic E-state index is 10.7. The Hall–Kier alpha value is -1.55. The molecule has 4 nitrogen and oxygen atoms in total. The van der Waals surface area contributed by atoms with Crippen LogP contribution in [0, 0.1) is 0 Å². The molecule has 1 rings (SSSR count). The number of carboxylic acid groups (broad SMARTS) is 1. The number of carbonyl (C=O) groups is 1. The Labute approximate surface area is 108 Å². The molecule has 0 aliphatic rings. The predicted molar refractivity (Wildman–Crippen MR) is 67.3 cm³/mol. The summed E-state index contributed by atoms with van der Waals surface area (Å²) >= 11 is 0. The lowest BCUT2D eigenvalue weighted by molar-refractivity contribution is -0.908. The van der Waals surface area contributed by atoms with Crippen molar-refractivity contribution in [3.05, 3.63) is 29.8 Å². The summed E-state index contributed by atoms with van der Waals surface area (Å²) in [6.07, 6.45) is 0.958. The average Bonchev–Trinajstić information content (AvgIpc) is 2.31. The number of carbonyl (C=O) groups excluding carboxylic acids is 1. The van der Waals surface area contributed by atoms with Crippen LogP contribution in [0.15, 0.2) is 24.3 Å². The van der Waals surface area contributed by atoms with Gasteiger partial charge in [-0.3, -0.25) is 0 Å². The van der Waals surface area contributed by atoms with E-state index < -0.39 is 5.97 Å². The minimum Gasteiger partial charge on any atom is -0.544 e. The summed E-state index contributed by atoms with van der Waals surface area (Å²) in [6.45, 7) is 6.24. The van der Waals surface area contributed by atoms with E-state index >= 15 is 0 Å². The molecule has 18 heavy (non-hydrogen) atoms. The van der Waals surface area contributed by atoms with Crippen molar-refractivity contribution >= 4 is 5.97 Å². The number of hydrogen-bond acceptors (Lipinski definition) is 3. The van der Waals surface area contributed by atoms with E-state index in [9.17, 15) is 9.90 Å². The zero-order valence-corrected chi connectivity index (χ0v) is 11.1. The maximum atomic E-state index is 10.7. The number of ether oxygens (including phenoxy) is 1. The van der Waals surface area contributed by atoms with Crippen LogP contribution in [0.25, 0.3) is 0 Å². The molecule has 1 atom stereocenters. The summed E-state index contributed by atoms with van der Waals surface area (Å²) in [4.78, 5) is 11.7. The van der Waals surface area contributed by atoms with Crippen molar-refractivity contribution in [1.82, 2.24) is 0 Å². The third-order valence-electron chi connectivity index (χ3n) is 2.69. The highest BCUT2D eigenvalue weighted by Gasteiger charge is 2.08. The second kappa shape index (κ2) is 7.71. The smallest absolute Gasteiger partial charge is 0.119 e. The molecule has 1 aromatic carbocycles. The second-order valence-corrected chi connectivity index (χ2v) is 4.30. The number of nitrogens with one attached hydrogen (secondary N) is 1. The molecule has 0 heterocycles. The van der Waals surface area contributed by atoms with Gasteiger partial charge >= 0.3 is 0 Å². The van der Waals surface area contributed by atoms with Gasteiger partial charge in [0, 0.05) is 5.56 Å². The van der Waals surface area contributed by atoms with Gasteiger partial charge in [0.2, 0.25) is 0 Å².